The SMILES string of the molecule is COc1ccc([C@@H]2Nc3ncnn3[C@@H](c3ccccc3)[C@@H]2N=CC2=C(O)CCCC2=O)cc1. The Morgan fingerprint density at radius 3 is 2.64 bits per heavy atom. The third-order valence-electron chi connectivity index (χ3n) is 6.21. The second-order valence-corrected chi connectivity index (χ2v) is 8.18. The van der Waals surface area contributed by atoms with Crippen LogP contribution in [0.4, 0.5) is 5.95 Å². The van der Waals surface area contributed by atoms with Gasteiger partial charge in [-0.05, 0) is 29.7 Å². The van der Waals surface area contributed by atoms with Gasteiger partial charge < -0.3 is 15.2 Å². The number of carbonyl (C=O) groups is 1. The number of ketones is 1. The first-order valence-electron chi connectivity index (χ1n) is 11.0. The summed E-state index contributed by atoms with van der Waals surface area (Å²) >= 11 is 0. The van der Waals surface area contributed by atoms with Gasteiger partial charge in [-0.2, -0.15) is 10.1 Å². The number of hydrogen-bond acceptors (Lipinski definition) is 7. The molecule has 0 radical (unpaired) electrons. The van der Waals surface area contributed by atoms with Crippen LogP contribution in [0.15, 0.2) is 77.2 Å². The molecule has 2 aromatic carbocycles. The Labute approximate surface area is 191 Å². The molecule has 1 aliphatic heterocycles. The summed E-state index contributed by atoms with van der Waals surface area (Å²) in [6.45, 7) is 0. The number of methoxy groups -OCH3 is 1. The standard InChI is InChI=1S/C25H25N5O3/c1-33-18-12-10-16(11-13-18)22-23(26-14-19-20(31)8-5-9-21(19)32)24(17-6-3-2-4-7-17)30-25(29-22)27-15-28-30/h2-4,6-7,10-15,22-24,31H,5,8-9H2,1H3,(H,27,28,29)/t22-,23+,24-/m0/s1. The predicted molar refractivity (Wildman–Crippen MR) is 125 cm³/mol. The van der Waals surface area contributed by atoms with Crippen LogP contribution in [0.2, 0.25) is 0 Å². The predicted octanol–water partition coefficient (Wildman–Crippen LogP) is 4.05. The first-order valence-corrected chi connectivity index (χ1v) is 11.0. The van der Waals surface area contributed by atoms with E-state index in [2.05, 4.69) is 15.4 Å². The maximum absolute atomic E-state index is 12.4. The van der Waals surface area contributed by atoms with E-state index in [0.29, 0.717) is 30.8 Å². The number of anilines is 1. The zero-order valence-electron chi connectivity index (χ0n) is 18.3. The van der Waals surface area contributed by atoms with Gasteiger partial charge in [0.2, 0.25) is 5.95 Å². The van der Waals surface area contributed by atoms with Crippen LogP contribution in [0.25, 0.3) is 0 Å². The van der Waals surface area contributed by atoms with Gasteiger partial charge in [0.15, 0.2) is 5.78 Å². The Balaban J connectivity index is 1.62. The normalized spacial score (nSPS) is 22.8. The minimum absolute atomic E-state index is 0.0787. The molecule has 2 N–H and O–H groups in total. The quantitative estimate of drug-likeness (QED) is 0.577. The van der Waals surface area contributed by atoms with E-state index in [1.54, 1.807) is 7.11 Å². The molecule has 0 fully saturated rings. The first-order chi connectivity index (χ1) is 16.2. The Hall–Kier alpha value is -3.94. The van der Waals surface area contributed by atoms with Crippen molar-refractivity contribution in [3.63, 3.8) is 0 Å². The summed E-state index contributed by atoms with van der Waals surface area (Å²) < 4.78 is 7.15. The van der Waals surface area contributed by atoms with Gasteiger partial charge in [-0.1, -0.05) is 42.5 Å². The average Bonchev–Trinajstić information content (AvgIpc) is 3.32. The highest BCUT2D eigenvalue weighted by molar-refractivity contribution is 6.14. The Morgan fingerprint density at radius 1 is 1.12 bits per heavy atom. The lowest BCUT2D eigenvalue weighted by Gasteiger charge is -2.37. The van der Waals surface area contributed by atoms with E-state index in [-0.39, 0.29) is 29.7 Å². The summed E-state index contributed by atoms with van der Waals surface area (Å²) in [6, 6.07) is 17.0. The number of Topliss-reactive ketones (excluding diaryl/α,β-unsaturated/α-hetero) is 1. The number of aliphatic imine (C=N–C) groups is 1. The maximum atomic E-state index is 12.4. The molecule has 3 atom stereocenters. The largest absolute Gasteiger partial charge is 0.512 e. The molecule has 33 heavy (non-hydrogen) atoms. The average molecular weight is 444 g/mol. The topological polar surface area (TPSA) is 102 Å². The van der Waals surface area contributed by atoms with Crippen molar-refractivity contribution in [3.05, 3.63) is 83.4 Å². The fraction of sp³-hybridized carbons (Fsp3) is 0.280. The van der Waals surface area contributed by atoms with Crippen molar-refractivity contribution >= 4 is 17.9 Å². The number of aliphatic hydroxyl groups is 1. The van der Waals surface area contributed by atoms with E-state index in [4.69, 9.17) is 9.73 Å². The van der Waals surface area contributed by atoms with Crippen molar-refractivity contribution in [2.45, 2.75) is 37.4 Å². The van der Waals surface area contributed by atoms with Crippen LogP contribution in [0.5, 0.6) is 5.75 Å². The Kier molecular flexibility index (Phi) is 5.64. The number of allylic oxidation sites excluding steroid dienone is 2. The number of rotatable bonds is 5. The molecule has 8 nitrogen and oxygen atoms in total. The van der Waals surface area contributed by atoms with E-state index in [1.165, 1.54) is 12.5 Å². The second kappa shape index (κ2) is 8.90. The van der Waals surface area contributed by atoms with Crippen LogP contribution >= 0.6 is 0 Å². The zero-order chi connectivity index (χ0) is 22.8. The van der Waals surface area contributed by atoms with Gasteiger partial charge in [-0.25, -0.2) is 4.68 Å². The number of ether oxygens (including phenoxy) is 1. The van der Waals surface area contributed by atoms with Gasteiger partial charge in [-0.3, -0.25) is 9.79 Å². The van der Waals surface area contributed by atoms with Gasteiger partial charge in [-0.15, -0.1) is 0 Å². The Morgan fingerprint density at radius 2 is 1.91 bits per heavy atom. The molecule has 5 rings (SSSR count). The van der Waals surface area contributed by atoms with Crippen molar-refractivity contribution in [2.75, 3.05) is 12.4 Å². The monoisotopic (exact) mass is 443 g/mol. The molecule has 3 aromatic rings. The van der Waals surface area contributed by atoms with Crippen molar-refractivity contribution in [2.24, 2.45) is 4.99 Å². The van der Waals surface area contributed by atoms with Crippen LogP contribution in [-0.2, 0) is 4.79 Å². The second-order valence-electron chi connectivity index (χ2n) is 8.18. The molecular weight excluding hydrogens is 418 g/mol. The molecule has 0 bridgehead atoms. The number of nitrogens with zero attached hydrogens (tertiary/aromatic N) is 4. The van der Waals surface area contributed by atoms with Crippen LogP contribution < -0.4 is 10.1 Å². The number of aromatic nitrogens is 3. The van der Waals surface area contributed by atoms with E-state index >= 15 is 0 Å². The molecular formula is C25H25N5O3. The van der Waals surface area contributed by atoms with E-state index in [1.807, 2.05) is 59.3 Å². The summed E-state index contributed by atoms with van der Waals surface area (Å²) in [5, 5.41) is 18.3. The lowest BCUT2D eigenvalue weighted by Crippen LogP contribution is -2.40. The highest BCUT2D eigenvalue weighted by Gasteiger charge is 2.39. The minimum Gasteiger partial charge on any atom is -0.512 e. The van der Waals surface area contributed by atoms with Gasteiger partial charge in [0.1, 0.15) is 29.9 Å². The third kappa shape index (κ3) is 4.00. The molecule has 168 valence electrons. The number of fused-ring (bicyclic) bond motifs is 1. The fourth-order valence-corrected chi connectivity index (χ4v) is 4.51. The van der Waals surface area contributed by atoms with E-state index in [9.17, 15) is 9.90 Å². The number of benzene rings is 2. The van der Waals surface area contributed by atoms with Crippen LogP contribution in [-0.4, -0.2) is 45.0 Å². The van der Waals surface area contributed by atoms with Crippen LogP contribution in [0.3, 0.4) is 0 Å². The summed E-state index contributed by atoms with van der Waals surface area (Å²) in [5.74, 6) is 1.44. The van der Waals surface area contributed by atoms with E-state index in [0.717, 1.165) is 16.9 Å². The lowest BCUT2D eigenvalue weighted by molar-refractivity contribution is -0.115. The minimum atomic E-state index is -0.356. The van der Waals surface area contributed by atoms with Crippen LogP contribution in [0.1, 0.15) is 42.5 Å². The van der Waals surface area contributed by atoms with Gasteiger partial charge in [0, 0.05) is 19.1 Å². The lowest BCUT2D eigenvalue weighted by atomic mass is 9.88. The summed E-state index contributed by atoms with van der Waals surface area (Å²) in [6.07, 6.45) is 4.64. The molecule has 0 saturated carbocycles. The van der Waals surface area contributed by atoms with Crippen molar-refractivity contribution in [3.8, 4) is 5.75 Å². The first kappa shape index (κ1) is 20.9. The summed E-state index contributed by atoms with van der Waals surface area (Å²) in [4.78, 5) is 21.8. The number of aliphatic hydroxyl groups excluding tert-OH is 1. The number of hydrogen-bond donors (Lipinski definition) is 2. The molecule has 1 aliphatic carbocycles. The van der Waals surface area contributed by atoms with Gasteiger partial charge >= 0.3 is 0 Å². The number of nitrogens with one attached hydrogen (secondary N) is 1. The molecule has 1 aromatic heterocycles. The molecule has 2 heterocycles. The molecule has 0 spiro atoms. The summed E-state index contributed by atoms with van der Waals surface area (Å²) in [7, 11) is 1.64. The fourth-order valence-electron chi connectivity index (χ4n) is 4.51. The number of carbonyl (C=O) groups excluding carboxylic acids is 1. The van der Waals surface area contributed by atoms with Crippen molar-refractivity contribution < 1.29 is 14.6 Å². The zero-order valence-corrected chi connectivity index (χ0v) is 18.3. The van der Waals surface area contributed by atoms with Gasteiger partial charge in [0.25, 0.3) is 0 Å². The molecule has 0 saturated heterocycles. The maximum Gasteiger partial charge on any atom is 0.222 e. The molecule has 2 aliphatic rings. The highest BCUT2D eigenvalue weighted by atomic mass is 16.5. The third-order valence-corrected chi connectivity index (χ3v) is 6.21. The van der Waals surface area contributed by atoms with Crippen molar-refractivity contribution in [1.29, 1.82) is 0 Å². The van der Waals surface area contributed by atoms with E-state index < -0.39 is 0 Å². The highest BCUT2D eigenvalue weighted by Crippen LogP contribution is 2.40. The molecule has 0 amide bonds. The van der Waals surface area contributed by atoms with Crippen molar-refractivity contribution in [1.82, 2.24) is 14.8 Å². The molecule has 0 unspecified atom stereocenters. The van der Waals surface area contributed by atoms with Crippen LogP contribution in [0, 0.1) is 0 Å². The van der Waals surface area contributed by atoms with Gasteiger partial charge in [0.05, 0.1) is 18.7 Å². The summed E-state index contributed by atoms with van der Waals surface area (Å²) in [5.41, 5.74) is 2.33. The molecule has 8 heteroatoms. The Bertz CT molecular complexity index is 1200. The smallest absolute Gasteiger partial charge is 0.222 e.